The molecule has 2 heterocycles. The van der Waals surface area contributed by atoms with Crippen LogP contribution in [0.2, 0.25) is 0 Å². The standard InChI is InChI=1S/C14H18N4O2/c1-9-11(8-18(3)17-9)7-13(19)16-12-5-6-15-10(2)14(12)20-4/h5-6,8H,7H2,1-4H3,(H,15,16,19). The molecule has 1 amide bonds. The van der Waals surface area contributed by atoms with Gasteiger partial charge in [-0.15, -0.1) is 0 Å². The number of anilines is 1. The van der Waals surface area contributed by atoms with Gasteiger partial charge >= 0.3 is 0 Å². The highest BCUT2D eigenvalue weighted by Gasteiger charge is 2.13. The Bertz CT molecular complexity index is 634. The fourth-order valence-electron chi connectivity index (χ4n) is 2.10. The molecule has 6 heteroatoms. The fraction of sp³-hybridized carbons (Fsp3) is 0.357. The van der Waals surface area contributed by atoms with Crippen molar-refractivity contribution in [1.82, 2.24) is 14.8 Å². The van der Waals surface area contributed by atoms with Gasteiger partial charge < -0.3 is 10.1 Å². The van der Waals surface area contributed by atoms with Crippen LogP contribution in [0.4, 0.5) is 5.69 Å². The summed E-state index contributed by atoms with van der Waals surface area (Å²) in [5.41, 5.74) is 3.14. The maximum Gasteiger partial charge on any atom is 0.229 e. The van der Waals surface area contributed by atoms with Crippen molar-refractivity contribution >= 4 is 11.6 Å². The first-order valence-corrected chi connectivity index (χ1v) is 6.30. The van der Waals surface area contributed by atoms with Crippen LogP contribution >= 0.6 is 0 Å². The molecule has 0 spiro atoms. The van der Waals surface area contributed by atoms with Gasteiger partial charge in [0.15, 0.2) is 5.75 Å². The second-order valence-electron chi connectivity index (χ2n) is 4.62. The fourth-order valence-corrected chi connectivity index (χ4v) is 2.10. The minimum absolute atomic E-state index is 0.106. The monoisotopic (exact) mass is 274 g/mol. The number of pyridine rings is 1. The van der Waals surface area contributed by atoms with Crippen molar-refractivity contribution in [1.29, 1.82) is 0 Å². The lowest BCUT2D eigenvalue weighted by molar-refractivity contribution is -0.115. The Labute approximate surface area is 117 Å². The topological polar surface area (TPSA) is 69.0 Å². The zero-order valence-electron chi connectivity index (χ0n) is 12.1. The van der Waals surface area contributed by atoms with E-state index < -0.39 is 0 Å². The van der Waals surface area contributed by atoms with Gasteiger partial charge in [-0.1, -0.05) is 0 Å². The van der Waals surface area contributed by atoms with E-state index in [4.69, 9.17) is 4.74 Å². The number of rotatable bonds is 4. The predicted molar refractivity (Wildman–Crippen MR) is 75.8 cm³/mol. The van der Waals surface area contributed by atoms with Crippen LogP contribution in [0, 0.1) is 13.8 Å². The zero-order valence-corrected chi connectivity index (χ0v) is 12.1. The smallest absolute Gasteiger partial charge is 0.229 e. The number of aromatic nitrogens is 3. The molecule has 0 saturated heterocycles. The van der Waals surface area contributed by atoms with Crippen LogP contribution in [0.1, 0.15) is 17.0 Å². The molecule has 2 rings (SSSR count). The summed E-state index contributed by atoms with van der Waals surface area (Å²) in [4.78, 5) is 16.2. The molecule has 0 saturated carbocycles. The summed E-state index contributed by atoms with van der Waals surface area (Å²) >= 11 is 0. The van der Waals surface area contributed by atoms with Gasteiger partial charge in [-0.2, -0.15) is 5.10 Å². The normalized spacial score (nSPS) is 10.4. The van der Waals surface area contributed by atoms with E-state index in [0.29, 0.717) is 11.4 Å². The molecular weight excluding hydrogens is 256 g/mol. The van der Waals surface area contributed by atoms with Gasteiger partial charge in [-0.05, 0) is 19.9 Å². The highest BCUT2D eigenvalue weighted by molar-refractivity contribution is 5.93. The molecule has 1 N–H and O–H groups in total. The van der Waals surface area contributed by atoms with Crippen LogP contribution in [0.25, 0.3) is 0 Å². The zero-order chi connectivity index (χ0) is 14.7. The second kappa shape index (κ2) is 5.73. The first-order chi connectivity index (χ1) is 9.51. The molecule has 0 unspecified atom stereocenters. The third-order valence-corrected chi connectivity index (χ3v) is 3.03. The number of methoxy groups -OCH3 is 1. The van der Waals surface area contributed by atoms with E-state index in [9.17, 15) is 4.79 Å². The molecular formula is C14H18N4O2. The Morgan fingerprint density at radius 3 is 2.75 bits per heavy atom. The number of aryl methyl sites for hydroxylation is 3. The summed E-state index contributed by atoms with van der Waals surface area (Å²) in [6, 6.07) is 1.72. The van der Waals surface area contributed by atoms with Crippen molar-refractivity contribution in [2.75, 3.05) is 12.4 Å². The lowest BCUT2D eigenvalue weighted by atomic mass is 10.2. The molecule has 0 aliphatic heterocycles. The van der Waals surface area contributed by atoms with Crippen LogP contribution < -0.4 is 10.1 Å². The van der Waals surface area contributed by atoms with Crippen molar-refractivity contribution in [2.45, 2.75) is 20.3 Å². The number of hydrogen-bond donors (Lipinski definition) is 1. The number of ether oxygens (including phenoxy) is 1. The first kappa shape index (κ1) is 14.0. The molecule has 20 heavy (non-hydrogen) atoms. The molecule has 0 aliphatic carbocycles. The van der Waals surface area contributed by atoms with E-state index in [1.165, 1.54) is 0 Å². The van der Waals surface area contributed by atoms with Gasteiger partial charge in [0.25, 0.3) is 0 Å². The number of hydrogen-bond acceptors (Lipinski definition) is 4. The van der Waals surface area contributed by atoms with Crippen molar-refractivity contribution < 1.29 is 9.53 Å². The first-order valence-electron chi connectivity index (χ1n) is 6.30. The Balaban J connectivity index is 2.12. The quantitative estimate of drug-likeness (QED) is 0.920. The number of amides is 1. The van der Waals surface area contributed by atoms with E-state index in [1.54, 1.807) is 24.1 Å². The highest BCUT2D eigenvalue weighted by atomic mass is 16.5. The van der Waals surface area contributed by atoms with Gasteiger partial charge in [0.2, 0.25) is 5.91 Å². The summed E-state index contributed by atoms with van der Waals surface area (Å²) < 4.78 is 6.96. The van der Waals surface area contributed by atoms with Gasteiger partial charge in [0.05, 0.1) is 30.6 Å². The van der Waals surface area contributed by atoms with E-state index in [0.717, 1.165) is 17.0 Å². The molecule has 6 nitrogen and oxygen atoms in total. The summed E-state index contributed by atoms with van der Waals surface area (Å²) in [6.45, 7) is 3.72. The highest BCUT2D eigenvalue weighted by Crippen LogP contribution is 2.26. The average Bonchev–Trinajstić information content (AvgIpc) is 2.68. The predicted octanol–water partition coefficient (Wildman–Crippen LogP) is 1.62. The molecule has 106 valence electrons. The number of carbonyl (C=O) groups excluding carboxylic acids is 1. The Hall–Kier alpha value is -2.37. The summed E-state index contributed by atoms with van der Waals surface area (Å²) in [5.74, 6) is 0.480. The maximum absolute atomic E-state index is 12.1. The van der Waals surface area contributed by atoms with Crippen LogP contribution in [-0.2, 0) is 18.3 Å². The summed E-state index contributed by atoms with van der Waals surface area (Å²) in [7, 11) is 3.40. The van der Waals surface area contributed by atoms with Gasteiger partial charge in [0, 0.05) is 25.0 Å². The van der Waals surface area contributed by atoms with Gasteiger partial charge in [0.1, 0.15) is 0 Å². The number of nitrogens with zero attached hydrogens (tertiary/aromatic N) is 3. The van der Waals surface area contributed by atoms with E-state index in [1.807, 2.05) is 27.1 Å². The molecule has 2 aromatic heterocycles. The van der Waals surface area contributed by atoms with Crippen molar-refractivity contribution in [3.63, 3.8) is 0 Å². The van der Waals surface area contributed by atoms with Crippen LogP contribution in [0.3, 0.4) is 0 Å². The summed E-state index contributed by atoms with van der Waals surface area (Å²) in [6.07, 6.45) is 3.77. The molecule has 0 aliphatic rings. The molecule has 0 fully saturated rings. The second-order valence-corrected chi connectivity index (χ2v) is 4.62. The molecule has 0 aromatic carbocycles. The van der Waals surface area contributed by atoms with Crippen LogP contribution in [0.15, 0.2) is 18.5 Å². The largest absolute Gasteiger partial charge is 0.493 e. The Morgan fingerprint density at radius 1 is 1.40 bits per heavy atom. The van der Waals surface area contributed by atoms with E-state index >= 15 is 0 Å². The van der Waals surface area contributed by atoms with Crippen molar-refractivity contribution in [2.24, 2.45) is 7.05 Å². The lowest BCUT2D eigenvalue weighted by Crippen LogP contribution is -2.15. The molecule has 0 radical (unpaired) electrons. The molecule has 2 aromatic rings. The van der Waals surface area contributed by atoms with Crippen LogP contribution in [0.5, 0.6) is 5.75 Å². The minimum atomic E-state index is -0.106. The third kappa shape index (κ3) is 2.96. The van der Waals surface area contributed by atoms with Crippen molar-refractivity contribution in [3.05, 3.63) is 35.4 Å². The average molecular weight is 274 g/mol. The minimum Gasteiger partial charge on any atom is -0.493 e. The summed E-state index contributed by atoms with van der Waals surface area (Å²) in [5, 5.41) is 7.07. The maximum atomic E-state index is 12.1. The Morgan fingerprint density at radius 2 is 2.15 bits per heavy atom. The number of carbonyl (C=O) groups is 1. The van der Waals surface area contributed by atoms with Crippen LogP contribution in [-0.4, -0.2) is 27.8 Å². The Kier molecular flexibility index (Phi) is 4.02. The number of nitrogens with one attached hydrogen (secondary N) is 1. The van der Waals surface area contributed by atoms with Crippen molar-refractivity contribution in [3.8, 4) is 5.75 Å². The van der Waals surface area contributed by atoms with Gasteiger partial charge in [-0.3, -0.25) is 14.5 Å². The van der Waals surface area contributed by atoms with Gasteiger partial charge in [-0.25, -0.2) is 0 Å². The third-order valence-electron chi connectivity index (χ3n) is 3.03. The lowest BCUT2D eigenvalue weighted by Gasteiger charge is -2.11. The van der Waals surface area contributed by atoms with E-state index in [-0.39, 0.29) is 12.3 Å². The SMILES string of the molecule is COc1c(NC(=O)Cc2cn(C)nc2C)ccnc1C. The van der Waals surface area contributed by atoms with E-state index in [2.05, 4.69) is 15.4 Å². The molecule has 0 bridgehead atoms. The molecule has 0 atom stereocenters.